The van der Waals surface area contributed by atoms with E-state index in [1.807, 2.05) is 6.92 Å². The van der Waals surface area contributed by atoms with E-state index in [2.05, 4.69) is 5.16 Å². The lowest BCUT2D eigenvalue weighted by atomic mass is 10.2. The normalized spacial score (nSPS) is 19.2. The molecule has 2 heterocycles. The lowest BCUT2D eigenvalue weighted by Crippen LogP contribution is -2.30. The third kappa shape index (κ3) is 2.96. The minimum Gasteiger partial charge on any atom is -0.495 e. The van der Waals surface area contributed by atoms with Crippen LogP contribution in [0, 0.1) is 6.92 Å². The summed E-state index contributed by atoms with van der Waals surface area (Å²) in [5, 5.41) is 4.12. The van der Waals surface area contributed by atoms with Crippen molar-refractivity contribution in [3.8, 4) is 5.75 Å². The van der Waals surface area contributed by atoms with Gasteiger partial charge in [0.15, 0.2) is 5.76 Å². The number of ether oxygens (including phenoxy) is 1. The summed E-state index contributed by atoms with van der Waals surface area (Å²) < 4.78 is 37.7. The van der Waals surface area contributed by atoms with Crippen molar-refractivity contribution in [2.75, 3.05) is 13.7 Å². The Labute approximate surface area is 140 Å². The van der Waals surface area contributed by atoms with Crippen LogP contribution in [0.3, 0.4) is 0 Å². The van der Waals surface area contributed by atoms with Gasteiger partial charge in [-0.25, -0.2) is 8.42 Å². The number of halogens is 1. The van der Waals surface area contributed by atoms with E-state index in [0.717, 1.165) is 12.1 Å². The first-order chi connectivity index (χ1) is 10.9. The quantitative estimate of drug-likeness (QED) is 0.841. The molecule has 0 bridgehead atoms. The van der Waals surface area contributed by atoms with Crippen molar-refractivity contribution in [3.05, 3.63) is 40.7 Å². The largest absolute Gasteiger partial charge is 0.495 e. The SMILES string of the molecule is COc1ccc(S(=O)(=O)N2CCCC2c2cc(C)no2)cc1Cl. The highest BCUT2D eigenvalue weighted by atomic mass is 35.5. The molecule has 0 radical (unpaired) electrons. The highest BCUT2D eigenvalue weighted by molar-refractivity contribution is 7.89. The predicted octanol–water partition coefficient (Wildman–Crippen LogP) is 3.17. The fraction of sp³-hybridized carbons (Fsp3) is 0.400. The minimum atomic E-state index is -3.67. The Bertz CT molecular complexity index is 819. The first-order valence-electron chi connectivity index (χ1n) is 7.22. The Morgan fingerprint density at radius 3 is 2.78 bits per heavy atom. The van der Waals surface area contributed by atoms with Crippen LogP contribution < -0.4 is 4.74 Å². The van der Waals surface area contributed by atoms with Gasteiger partial charge in [-0.2, -0.15) is 4.31 Å². The predicted molar refractivity (Wildman–Crippen MR) is 85.1 cm³/mol. The summed E-state index contributed by atoms with van der Waals surface area (Å²) in [5.74, 6) is 1.01. The van der Waals surface area contributed by atoms with Crippen LogP contribution in [0.2, 0.25) is 5.02 Å². The van der Waals surface area contributed by atoms with Crippen LogP contribution in [0.25, 0.3) is 0 Å². The molecule has 6 nitrogen and oxygen atoms in total. The van der Waals surface area contributed by atoms with E-state index < -0.39 is 10.0 Å². The van der Waals surface area contributed by atoms with Crippen LogP contribution >= 0.6 is 11.6 Å². The van der Waals surface area contributed by atoms with Crippen LogP contribution in [0.5, 0.6) is 5.75 Å². The van der Waals surface area contributed by atoms with E-state index in [1.54, 1.807) is 12.1 Å². The number of hydrogen-bond acceptors (Lipinski definition) is 5. The van der Waals surface area contributed by atoms with Crippen LogP contribution in [0.15, 0.2) is 33.7 Å². The van der Waals surface area contributed by atoms with Gasteiger partial charge >= 0.3 is 0 Å². The van der Waals surface area contributed by atoms with Crippen molar-refractivity contribution < 1.29 is 17.7 Å². The fourth-order valence-electron chi connectivity index (χ4n) is 2.80. The number of hydrogen-bond donors (Lipinski definition) is 0. The zero-order chi connectivity index (χ0) is 16.6. The monoisotopic (exact) mass is 356 g/mol. The molecule has 3 rings (SSSR count). The number of benzene rings is 1. The number of aryl methyl sites for hydroxylation is 1. The first-order valence-corrected chi connectivity index (χ1v) is 9.04. The molecule has 1 aromatic carbocycles. The van der Waals surface area contributed by atoms with Gasteiger partial charge in [0.2, 0.25) is 10.0 Å². The second-order valence-corrected chi connectivity index (χ2v) is 7.74. The molecule has 1 atom stereocenters. The van der Waals surface area contributed by atoms with Gasteiger partial charge < -0.3 is 9.26 Å². The summed E-state index contributed by atoms with van der Waals surface area (Å²) in [6.45, 7) is 2.25. The van der Waals surface area contributed by atoms with Gasteiger partial charge in [-0.05, 0) is 38.0 Å². The van der Waals surface area contributed by atoms with Gasteiger partial charge in [0, 0.05) is 12.6 Å². The van der Waals surface area contributed by atoms with Gasteiger partial charge in [0.1, 0.15) is 5.75 Å². The molecule has 1 aliphatic heterocycles. The second-order valence-electron chi connectivity index (χ2n) is 5.44. The lowest BCUT2D eigenvalue weighted by molar-refractivity contribution is 0.297. The number of rotatable bonds is 4. The maximum atomic E-state index is 12.9. The molecule has 1 aromatic heterocycles. The highest BCUT2D eigenvalue weighted by Crippen LogP contribution is 2.38. The van der Waals surface area contributed by atoms with Gasteiger partial charge in [-0.3, -0.25) is 0 Å². The van der Waals surface area contributed by atoms with Crippen molar-refractivity contribution >= 4 is 21.6 Å². The van der Waals surface area contributed by atoms with Crippen molar-refractivity contribution in [2.45, 2.75) is 30.7 Å². The van der Waals surface area contributed by atoms with Crippen molar-refractivity contribution in [2.24, 2.45) is 0 Å². The van der Waals surface area contributed by atoms with E-state index in [4.69, 9.17) is 20.9 Å². The third-order valence-electron chi connectivity index (χ3n) is 3.91. The standard InChI is InChI=1S/C15H17ClN2O4S/c1-10-8-15(22-17-10)13-4-3-7-18(13)23(19,20)11-5-6-14(21-2)12(16)9-11/h5-6,8-9,13H,3-4,7H2,1-2H3. The van der Waals surface area contributed by atoms with E-state index >= 15 is 0 Å². The van der Waals surface area contributed by atoms with Crippen LogP contribution in [0.4, 0.5) is 0 Å². The van der Waals surface area contributed by atoms with E-state index in [9.17, 15) is 8.42 Å². The summed E-state index contributed by atoms with van der Waals surface area (Å²) in [5.41, 5.74) is 0.733. The maximum absolute atomic E-state index is 12.9. The number of aromatic nitrogens is 1. The molecule has 8 heteroatoms. The molecule has 0 saturated carbocycles. The molecular formula is C15H17ClN2O4S. The topological polar surface area (TPSA) is 72.6 Å². The Kier molecular flexibility index (Phi) is 4.35. The first kappa shape index (κ1) is 16.3. The fourth-order valence-corrected chi connectivity index (χ4v) is 4.81. The van der Waals surface area contributed by atoms with Crippen LogP contribution in [0.1, 0.15) is 30.3 Å². The number of nitrogens with zero attached hydrogens (tertiary/aromatic N) is 2. The maximum Gasteiger partial charge on any atom is 0.243 e. The van der Waals surface area contributed by atoms with Gasteiger partial charge in [0.05, 0.1) is 28.8 Å². The van der Waals surface area contributed by atoms with Gasteiger partial charge in [0.25, 0.3) is 0 Å². The smallest absolute Gasteiger partial charge is 0.243 e. The van der Waals surface area contributed by atoms with Crippen molar-refractivity contribution in [1.29, 1.82) is 0 Å². The summed E-state index contributed by atoms with van der Waals surface area (Å²) in [4.78, 5) is 0.145. The molecule has 1 aliphatic rings. The molecule has 23 heavy (non-hydrogen) atoms. The molecule has 1 saturated heterocycles. The van der Waals surface area contributed by atoms with E-state index in [0.29, 0.717) is 24.5 Å². The zero-order valence-electron chi connectivity index (χ0n) is 12.8. The third-order valence-corrected chi connectivity index (χ3v) is 6.11. The summed E-state index contributed by atoms with van der Waals surface area (Å²) >= 11 is 6.06. The molecule has 1 unspecified atom stereocenters. The van der Waals surface area contributed by atoms with Crippen molar-refractivity contribution in [3.63, 3.8) is 0 Å². The summed E-state index contributed by atoms with van der Waals surface area (Å²) in [7, 11) is -2.18. The lowest BCUT2D eigenvalue weighted by Gasteiger charge is -2.22. The summed E-state index contributed by atoms with van der Waals surface area (Å²) in [6.07, 6.45) is 1.48. The van der Waals surface area contributed by atoms with E-state index in [-0.39, 0.29) is 16.0 Å². The Hall–Kier alpha value is -1.57. The van der Waals surface area contributed by atoms with Crippen LogP contribution in [-0.4, -0.2) is 31.5 Å². The molecule has 2 aromatic rings. The number of sulfonamides is 1. The second kappa shape index (κ2) is 6.14. The van der Waals surface area contributed by atoms with Gasteiger partial charge in [-0.15, -0.1) is 0 Å². The Morgan fingerprint density at radius 1 is 1.39 bits per heavy atom. The molecule has 0 aliphatic carbocycles. The Morgan fingerprint density at radius 2 is 2.17 bits per heavy atom. The average Bonchev–Trinajstić information content (AvgIpc) is 3.15. The minimum absolute atomic E-state index is 0.145. The average molecular weight is 357 g/mol. The summed E-state index contributed by atoms with van der Waals surface area (Å²) in [6, 6.07) is 5.91. The molecule has 0 N–H and O–H groups in total. The molecule has 0 amide bonds. The van der Waals surface area contributed by atoms with Gasteiger partial charge in [-0.1, -0.05) is 16.8 Å². The van der Waals surface area contributed by atoms with Crippen molar-refractivity contribution in [1.82, 2.24) is 9.46 Å². The molecule has 124 valence electrons. The zero-order valence-corrected chi connectivity index (χ0v) is 14.4. The molecule has 0 spiro atoms. The highest BCUT2D eigenvalue weighted by Gasteiger charge is 2.38. The molecule has 1 fully saturated rings. The number of methoxy groups -OCH3 is 1. The van der Waals surface area contributed by atoms with Crippen LogP contribution in [-0.2, 0) is 10.0 Å². The van der Waals surface area contributed by atoms with E-state index in [1.165, 1.54) is 23.5 Å². The molecular weight excluding hydrogens is 340 g/mol. The Balaban J connectivity index is 1.96.